The van der Waals surface area contributed by atoms with Gasteiger partial charge in [-0.2, -0.15) is 0 Å². The molecule has 0 spiro atoms. The van der Waals surface area contributed by atoms with E-state index in [2.05, 4.69) is 6.58 Å². The summed E-state index contributed by atoms with van der Waals surface area (Å²) in [5.41, 5.74) is 0.519. The van der Waals surface area contributed by atoms with Gasteiger partial charge in [-0.3, -0.25) is 9.59 Å². The van der Waals surface area contributed by atoms with Gasteiger partial charge in [-0.25, -0.2) is 4.39 Å². The summed E-state index contributed by atoms with van der Waals surface area (Å²) in [6, 6.07) is 5.86. The Morgan fingerprint density at radius 3 is 2.78 bits per heavy atom. The Kier molecular flexibility index (Phi) is 3.41. The average molecular weight is 248 g/mol. The van der Waals surface area contributed by atoms with E-state index in [1.807, 2.05) is 0 Å². The minimum absolute atomic E-state index is 0.00136. The topological polar surface area (TPSA) is 40.6 Å². The second kappa shape index (κ2) is 5.00. The van der Waals surface area contributed by atoms with Crippen LogP contribution in [0.25, 0.3) is 0 Å². The van der Waals surface area contributed by atoms with Gasteiger partial charge in [0.1, 0.15) is 12.4 Å². The van der Waals surface area contributed by atoms with Gasteiger partial charge in [-0.1, -0.05) is 12.6 Å². The molecule has 1 aromatic carbocycles. The van der Waals surface area contributed by atoms with E-state index < -0.39 is 0 Å². The van der Waals surface area contributed by atoms with E-state index in [-0.39, 0.29) is 24.2 Å². The molecule has 0 saturated carbocycles. The molecule has 0 aliphatic carbocycles. The minimum Gasteiger partial charge on any atom is -0.328 e. The Morgan fingerprint density at radius 2 is 2.17 bits per heavy atom. The average Bonchev–Trinajstić information content (AvgIpc) is 2.37. The molecule has 2 amide bonds. The monoisotopic (exact) mass is 248 g/mol. The quantitative estimate of drug-likeness (QED) is 0.737. The maximum absolute atomic E-state index is 13.1. The second-order valence-electron chi connectivity index (χ2n) is 3.99. The van der Waals surface area contributed by atoms with Crippen LogP contribution in [0, 0.1) is 5.82 Å². The molecule has 2 rings (SSSR count). The number of benzene rings is 1. The Balaban J connectivity index is 2.13. The first-order chi connectivity index (χ1) is 8.61. The number of rotatable bonds is 2. The number of amides is 2. The Labute approximate surface area is 104 Å². The van der Waals surface area contributed by atoms with E-state index in [9.17, 15) is 14.0 Å². The van der Waals surface area contributed by atoms with Gasteiger partial charge in [0.25, 0.3) is 0 Å². The van der Waals surface area contributed by atoms with Crippen molar-refractivity contribution >= 4 is 17.5 Å². The summed E-state index contributed by atoms with van der Waals surface area (Å²) in [7, 11) is 0. The first-order valence-electron chi connectivity index (χ1n) is 5.59. The summed E-state index contributed by atoms with van der Waals surface area (Å²) < 4.78 is 13.1. The molecule has 0 radical (unpaired) electrons. The van der Waals surface area contributed by atoms with Crippen molar-refractivity contribution in [3.8, 4) is 0 Å². The van der Waals surface area contributed by atoms with E-state index in [0.29, 0.717) is 18.8 Å². The summed E-state index contributed by atoms with van der Waals surface area (Å²) in [6.07, 6.45) is 1.19. The van der Waals surface area contributed by atoms with Crippen molar-refractivity contribution in [3.63, 3.8) is 0 Å². The third-order valence-electron chi connectivity index (χ3n) is 2.83. The molecule has 1 aromatic rings. The molecule has 1 aliphatic heterocycles. The Hall–Kier alpha value is -2.17. The third-order valence-corrected chi connectivity index (χ3v) is 2.83. The van der Waals surface area contributed by atoms with Crippen LogP contribution in [0.1, 0.15) is 0 Å². The van der Waals surface area contributed by atoms with Gasteiger partial charge in [0, 0.05) is 18.8 Å². The number of hydrogen-bond donors (Lipinski definition) is 0. The number of nitrogens with zero attached hydrogens (tertiary/aromatic N) is 2. The van der Waals surface area contributed by atoms with Crippen LogP contribution in [0.15, 0.2) is 36.9 Å². The highest BCUT2D eigenvalue weighted by molar-refractivity contribution is 5.99. The molecular formula is C13H13FN2O2. The molecule has 0 unspecified atom stereocenters. The molecule has 0 atom stereocenters. The molecule has 1 saturated heterocycles. The van der Waals surface area contributed by atoms with Gasteiger partial charge in [-0.05, 0) is 24.3 Å². The van der Waals surface area contributed by atoms with Crippen LogP contribution in [-0.2, 0) is 9.59 Å². The molecule has 1 aliphatic rings. The predicted molar refractivity (Wildman–Crippen MR) is 65.5 cm³/mol. The summed E-state index contributed by atoms with van der Waals surface area (Å²) in [5, 5.41) is 0. The number of carbonyl (C=O) groups excluding carboxylic acids is 2. The van der Waals surface area contributed by atoms with Crippen molar-refractivity contribution in [1.82, 2.24) is 4.90 Å². The van der Waals surface area contributed by atoms with Gasteiger partial charge >= 0.3 is 0 Å². The molecule has 5 heteroatoms. The lowest BCUT2D eigenvalue weighted by molar-refractivity contribution is -0.133. The van der Waals surface area contributed by atoms with Gasteiger partial charge in [0.05, 0.1) is 0 Å². The second-order valence-corrected chi connectivity index (χ2v) is 3.99. The van der Waals surface area contributed by atoms with Crippen LogP contribution in [0.2, 0.25) is 0 Å². The standard InChI is InChI=1S/C13H13FN2O2/c1-2-12(17)15-6-7-16(13(18)9-15)11-5-3-4-10(14)8-11/h2-5,8H,1,6-7,9H2. The van der Waals surface area contributed by atoms with Crippen molar-refractivity contribution in [3.05, 3.63) is 42.7 Å². The van der Waals surface area contributed by atoms with Crippen LogP contribution in [0.3, 0.4) is 0 Å². The lowest BCUT2D eigenvalue weighted by Gasteiger charge is -2.33. The molecular weight excluding hydrogens is 235 g/mol. The zero-order chi connectivity index (χ0) is 13.1. The SMILES string of the molecule is C=CC(=O)N1CCN(c2cccc(F)c2)C(=O)C1. The highest BCUT2D eigenvalue weighted by Gasteiger charge is 2.26. The van der Waals surface area contributed by atoms with Crippen molar-refractivity contribution in [2.45, 2.75) is 0 Å². The van der Waals surface area contributed by atoms with Crippen molar-refractivity contribution in [2.24, 2.45) is 0 Å². The van der Waals surface area contributed by atoms with Gasteiger partial charge < -0.3 is 9.80 Å². The molecule has 94 valence electrons. The van der Waals surface area contributed by atoms with E-state index in [4.69, 9.17) is 0 Å². The predicted octanol–water partition coefficient (Wildman–Crippen LogP) is 1.19. The molecule has 1 fully saturated rings. The maximum Gasteiger partial charge on any atom is 0.246 e. The van der Waals surface area contributed by atoms with Crippen LogP contribution in [0.5, 0.6) is 0 Å². The maximum atomic E-state index is 13.1. The lowest BCUT2D eigenvalue weighted by Crippen LogP contribution is -2.52. The zero-order valence-corrected chi connectivity index (χ0v) is 9.80. The van der Waals surface area contributed by atoms with Crippen molar-refractivity contribution < 1.29 is 14.0 Å². The first kappa shape index (κ1) is 12.3. The zero-order valence-electron chi connectivity index (χ0n) is 9.80. The molecule has 0 N–H and O–H groups in total. The van der Waals surface area contributed by atoms with E-state index in [0.717, 1.165) is 0 Å². The van der Waals surface area contributed by atoms with Gasteiger partial charge in [0.2, 0.25) is 11.8 Å². The molecule has 0 aromatic heterocycles. The van der Waals surface area contributed by atoms with Crippen molar-refractivity contribution in [2.75, 3.05) is 24.5 Å². The van der Waals surface area contributed by atoms with Gasteiger partial charge in [-0.15, -0.1) is 0 Å². The first-order valence-corrected chi connectivity index (χ1v) is 5.59. The molecule has 0 bridgehead atoms. The molecule has 4 nitrogen and oxygen atoms in total. The Bertz CT molecular complexity index is 502. The van der Waals surface area contributed by atoms with E-state index in [1.54, 1.807) is 12.1 Å². The van der Waals surface area contributed by atoms with Crippen LogP contribution < -0.4 is 4.90 Å². The largest absolute Gasteiger partial charge is 0.328 e. The highest BCUT2D eigenvalue weighted by Crippen LogP contribution is 2.18. The third kappa shape index (κ3) is 2.40. The van der Waals surface area contributed by atoms with E-state index >= 15 is 0 Å². The van der Waals surface area contributed by atoms with Crippen LogP contribution in [0.4, 0.5) is 10.1 Å². The summed E-state index contributed by atoms with van der Waals surface area (Å²) in [5.74, 6) is -0.866. The smallest absolute Gasteiger partial charge is 0.246 e. The van der Waals surface area contributed by atoms with Crippen LogP contribution in [-0.4, -0.2) is 36.3 Å². The van der Waals surface area contributed by atoms with Crippen LogP contribution >= 0.6 is 0 Å². The minimum atomic E-state index is -0.384. The number of carbonyl (C=O) groups is 2. The summed E-state index contributed by atoms with van der Waals surface area (Å²) >= 11 is 0. The number of anilines is 1. The fourth-order valence-electron chi connectivity index (χ4n) is 1.91. The normalized spacial score (nSPS) is 15.7. The summed E-state index contributed by atoms with van der Waals surface area (Å²) in [4.78, 5) is 26.2. The Morgan fingerprint density at radius 1 is 1.39 bits per heavy atom. The van der Waals surface area contributed by atoms with E-state index in [1.165, 1.54) is 28.0 Å². The fraction of sp³-hybridized carbons (Fsp3) is 0.231. The molecule has 1 heterocycles. The number of piperazine rings is 1. The van der Waals surface area contributed by atoms with Gasteiger partial charge in [0.15, 0.2) is 0 Å². The fourth-order valence-corrected chi connectivity index (χ4v) is 1.91. The number of hydrogen-bond acceptors (Lipinski definition) is 2. The van der Waals surface area contributed by atoms with Crippen molar-refractivity contribution in [1.29, 1.82) is 0 Å². The molecule has 18 heavy (non-hydrogen) atoms. The summed E-state index contributed by atoms with van der Waals surface area (Å²) in [6.45, 7) is 4.17. The highest BCUT2D eigenvalue weighted by atomic mass is 19.1. The lowest BCUT2D eigenvalue weighted by atomic mass is 10.2. The number of halogens is 1.